The summed E-state index contributed by atoms with van der Waals surface area (Å²) in [5.74, 6) is 4.19. The van der Waals surface area contributed by atoms with Crippen molar-refractivity contribution < 1.29 is 81.5 Å². The SMILES string of the molecule is CN(C(=O)OC(C)(C)C)c1cc(Cl)nc2c(C(=O)NC3CC3)cnn12.CN(C(=O)OC(C)(C)C)c1cc(Nc2cccnc2OC2CC2)nc2c(C(=O)CC3CC3)cnn12.CNc1cc(Nc2cccnc2OC2CC2)nc2c(C(=O)CC3CC3)cnn12.Nc1cccnc1OC1CC1.Nc1cccnc1OC1CC1.O=[N+]([O-])Oc1cccnc1F.O=[N+]([O-])c1cccnc1OC1CC1.OC1CC1. The Labute approximate surface area is 796 Å². The van der Waals surface area contributed by atoms with E-state index in [1.807, 2.05) is 31.3 Å². The number of ketones is 2. The molecule has 0 spiro atoms. The minimum atomic E-state index is -1.10. The Hall–Kier alpha value is -15.1. The first-order chi connectivity index (χ1) is 66.1. The van der Waals surface area contributed by atoms with Gasteiger partial charge in [0.1, 0.15) is 92.9 Å². The van der Waals surface area contributed by atoms with Crippen molar-refractivity contribution >= 4 is 116 Å². The number of anilines is 9. The number of hydrogen-bond donors (Lipinski definition) is 7. The third-order valence-corrected chi connectivity index (χ3v) is 21.0. The Morgan fingerprint density at radius 2 is 0.891 bits per heavy atom. The van der Waals surface area contributed by atoms with Gasteiger partial charge >= 0.3 is 17.9 Å². The molecule has 9 N–H and O–H groups in total. The Morgan fingerprint density at radius 3 is 1.30 bits per heavy atom. The highest BCUT2D eigenvalue weighted by Gasteiger charge is 2.36. The number of rotatable bonds is 28. The maximum absolute atomic E-state index is 13.0. The first-order valence-corrected chi connectivity index (χ1v) is 45.7. The van der Waals surface area contributed by atoms with E-state index in [0.29, 0.717) is 129 Å². The van der Waals surface area contributed by atoms with Crippen LogP contribution >= 0.6 is 11.6 Å². The number of nitrogen functional groups attached to an aromatic ring is 2. The Bertz CT molecular complexity index is 6270. The first-order valence-electron chi connectivity index (χ1n) is 45.3. The number of hydrogen-bond acceptors (Lipinski definition) is 35. The van der Waals surface area contributed by atoms with Crippen LogP contribution in [0, 0.1) is 38.0 Å². The molecule has 0 atom stereocenters. The van der Waals surface area contributed by atoms with Gasteiger partial charge in [0.2, 0.25) is 29.5 Å². The number of nitrogens with one attached hydrogen (secondary N) is 4. The zero-order chi connectivity index (χ0) is 98.1. The monoisotopic (exact) mass is 1920 g/mol. The largest absolute Gasteiger partial charge is 0.473 e. The lowest BCUT2D eigenvalue weighted by Crippen LogP contribution is -2.35. The predicted octanol–water partition coefficient (Wildman–Crippen LogP) is 15.7. The van der Waals surface area contributed by atoms with Crippen LogP contribution in [0.2, 0.25) is 5.15 Å². The molecule has 12 aromatic rings. The van der Waals surface area contributed by atoms with Crippen molar-refractivity contribution in [2.45, 2.75) is 224 Å². The molecule has 9 aliphatic carbocycles. The van der Waals surface area contributed by atoms with Crippen molar-refractivity contribution in [2.75, 3.05) is 58.4 Å². The van der Waals surface area contributed by atoms with Crippen molar-refractivity contribution in [1.29, 1.82) is 0 Å². The van der Waals surface area contributed by atoms with E-state index in [4.69, 9.17) is 66.3 Å². The second kappa shape index (κ2) is 44.6. The molecule has 21 rings (SSSR count). The van der Waals surface area contributed by atoms with Crippen LogP contribution in [0.1, 0.15) is 201 Å². The van der Waals surface area contributed by atoms with Gasteiger partial charge in [-0.15, -0.1) is 10.1 Å². The number of carbonyl (C=O) groups is 5. The highest BCUT2D eigenvalue weighted by atomic mass is 35.5. The lowest BCUT2D eigenvalue weighted by atomic mass is 10.1. The molecule has 138 heavy (non-hydrogen) atoms. The molecular weight excluding hydrogens is 1810 g/mol. The maximum atomic E-state index is 13.0. The zero-order valence-electron chi connectivity index (χ0n) is 77.5. The van der Waals surface area contributed by atoms with E-state index in [-0.39, 0.29) is 70.3 Å². The number of nitro groups is 1. The van der Waals surface area contributed by atoms with Crippen LogP contribution in [0.3, 0.4) is 0 Å². The lowest BCUT2D eigenvalue weighted by molar-refractivity contribution is -0.711. The summed E-state index contributed by atoms with van der Waals surface area (Å²) < 4.78 is 55.8. The van der Waals surface area contributed by atoms with Crippen LogP contribution in [0.4, 0.5) is 71.5 Å². The topological polar surface area (TPSA) is 540 Å². The minimum Gasteiger partial charge on any atom is -0.473 e. The number of nitrogens with zero attached hydrogens (tertiary/aromatic N) is 19. The molecule has 9 aliphatic rings. The Balaban J connectivity index is 0.000000133. The van der Waals surface area contributed by atoms with E-state index in [0.717, 1.165) is 133 Å². The van der Waals surface area contributed by atoms with Gasteiger partial charge in [-0.3, -0.25) is 39.1 Å². The molecule has 0 radical (unpaired) electrons. The average molecular weight is 1920 g/mol. The summed E-state index contributed by atoms with van der Waals surface area (Å²) in [5, 5.41) is 53.0. The third kappa shape index (κ3) is 29.9. The molecule has 0 bridgehead atoms. The van der Waals surface area contributed by atoms with E-state index >= 15 is 0 Å². The van der Waals surface area contributed by atoms with Crippen LogP contribution in [0.15, 0.2) is 147 Å². The molecular formula is C93H109ClFN25O18. The Morgan fingerprint density at radius 1 is 0.507 bits per heavy atom. The zero-order valence-corrected chi connectivity index (χ0v) is 78.2. The van der Waals surface area contributed by atoms with Gasteiger partial charge in [0.05, 0.1) is 52.1 Å². The van der Waals surface area contributed by atoms with E-state index in [9.17, 15) is 48.6 Å². The van der Waals surface area contributed by atoms with E-state index < -0.39 is 45.1 Å². The van der Waals surface area contributed by atoms with Crippen molar-refractivity contribution in [3.05, 3.63) is 195 Å². The quantitative estimate of drug-likeness (QED) is 0.00787. The number of pyridine rings is 6. The van der Waals surface area contributed by atoms with E-state index in [1.54, 1.807) is 128 Å². The summed E-state index contributed by atoms with van der Waals surface area (Å²) in [6.07, 6.45) is 34.4. The molecule has 0 saturated heterocycles. The second-order valence-electron chi connectivity index (χ2n) is 35.8. The summed E-state index contributed by atoms with van der Waals surface area (Å²) in [7, 11) is 4.97. The molecule has 9 saturated carbocycles. The number of carbonyl (C=O) groups excluding carboxylic acids is 5. The molecule has 0 aromatic carbocycles. The number of aliphatic hydroxyl groups is 1. The molecule has 12 aromatic heterocycles. The molecule has 728 valence electrons. The summed E-state index contributed by atoms with van der Waals surface area (Å²) in [6, 6.07) is 25.2. The highest BCUT2D eigenvalue weighted by Crippen LogP contribution is 2.40. The molecule has 0 unspecified atom stereocenters. The fourth-order valence-electron chi connectivity index (χ4n) is 12.3. The fourth-order valence-corrected chi connectivity index (χ4v) is 12.4. The number of fused-ring (bicyclic) bond motifs is 3. The average Bonchev–Trinajstić information content (AvgIpc) is 1.64. The summed E-state index contributed by atoms with van der Waals surface area (Å²) in [5.41, 5.74) is 15.0. The summed E-state index contributed by atoms with van der Waals surface area (Å²) in [4.78, 5) is 127. The van der Waals surface area contributed by atoms with Gasteiger partial charge in [0, 0.05) is 101 Å². The molecule has 45 heteroatoms. The van der Waals surface area contributed by atoms with Gasteiger partial charge in [-0.25, -0.2) is 54.4 Å². The van der Waals surface area contributed by atoms with Gasteiger partial charge in [0.15, 0.2) is 34.3 Å². The highest BCUT2D eigenvalue weighted by molar-refractivity contribution is 6.30. The molecule has 43 nitrogen and oxygen atoms in total. The van der Waals surface area contributed by atoms with E-state index in [2.05, 4.69) is 81.3 Å². The van der Waals surface area contributed by atoms with Gasteiger partial charge < -0.3 is 71.0 Å². The van der Waals surface area contributed by atoms with Gasteiger partial charge in [-0.05, 0) is 236 Å². The molecule has 12 heterocycles. The molecule has 9 fully saturated rings. The molecule has 0 aliphatic heterocycles. The van der Waals surface area contributed by atoms with Crippen LogP contribution in [0.5, 0.6) is 35.1 Å². The summed E-state index contributed by atoms with van der Waals surface area (Å²) >= 11 is 6.09. The number of aliphatic hydroxyl groups excluding tert-OH is 1. The van der Waals surface area contributed by atoms with Gasteiger partial charge in [-0.1, -0.05) is 11.6 Å². The smallest absolute Gasteiger partial charge is 0.415 e. The second-order valence-corrected chi connectivity index (χ2v) is 36.2. The van der Waals surface area contributed by atoms with Crippen LogP contribution < -0.4 is 71.1 Å². The van der Waals surface area contributed by atoms with Gasteiger partial charge in [-0.2, -0.15) is 33.2 Å². The normalized spacial score (nSPS) is 15.4. The number of ether oxygens (including phenoxy) is 7. The van der Waals surface area contributed by atoms with Crippen molar-refractivity contribution in [3.63, 3.8) is 0 Å². The van der Waals surface area contributed by atoms with E-state index in [1.165, 1.54) is 67.9 Å². The number of amides is 3. The number of halogens is 2. The predicted molar refractivity (Wildman–Crippen MR) is 505 cm³/mol. The van der Waals surface area contributed by atoms with Gasteiger partial charge in [0.25, 0.3) is 16.9 Å². The summed E-state index contributed by atoms with van der Waals surface area (Å²) in [6.45, 7) is 10.8. The van der Waals surface area contributed by atoms with Crippen molar-refractivity contribution in [1.82, 2.24) is 79.0 Å². The number of aromatic nitrogens is 15. The molecule has 3 amide bonds. The lowest BCUT2D eigenvalue weighted by Gasteiger charge is -2.25. The maximum Gasteiger partial charge on any atom is 0.415 e. The standard InChI is InChI=1S/C25H30N6O4.C20H22N6O2.C16H20ClN5O3.C8H8N2O3.2C8H10N2O.C5H3FN2O3.C3H6O/c1-25(2,3)35-24(33)30(4)21-13-20(28-18-6-5-11-26-23(18)34-16-9-10-16)29-22-17(14-27-31(21)22)19(32)12-15-7-8-15;1-21-18-10-17(24-15-3-2-8-22-20(15)28-13-6-7-13)25-19-14(11-23-26(18)19)16(27)9-12-4-5-12;1-16(2,3)25-15(24)21(4)12-7-11(17)20-13-10(8-18-22(12)13)14(23)19-9-5-6-9;11-10(12)7-2-1-5-9-8(7)13-6-3-4-6;2*9-7-2-1-5-10-8(7)11-6-3-4-6;6-5-4(11-8(9)10)2-1-3-7-5;4-3-1-2-3/h5-6,11,13-16H,7-10,12H2,1-4H3,(H,28,29);2-3,8,10-13,21H,4-7,9H2,1H3,(H,24,25);7-9H,5-6H2,1-4H3,(H,19,23);1-2,5-6H,3-4H2;2*1-2,5-6H,3-4,9H2;1-3H;3-4H,1-2H2. The minimum absolute atomic E-state index is 0.00263. The third-order valence-electron chi connectivity index (χ3n) is 20.8. The number of nitrogens with two attached hydrogens (primary N) is 2. The van der Waals surface area contributed by atoms with Crippen LogP contribution in [-0.2, 0) is 9.47 Å². The Kier molecular flexibility index (Phi) is 31.9. The van der Waals surface area contributed by atoms with Crippen molar-refractivity contribution in [2.24, 2.45) is 11.8 Å². The first kappa shape index (κ1) is 98.9. The van der Waals surface area contributed by atoms with Crippen molar-refractivity contribution in [3.8, 4) is 35.1 Å². The fraction of sp³-hybridized carbons (Fsp3) is 0.430. The van der Waals surface area contributed by atoms with Crippen LogP contribution in [0.25, 0.3) is 16.9 Å². The van der Waals surface area contributed by atoms with Crippen LogP contribution in [-0.4, -0.2) is 193 Å². The number of Topliss-reactive ketones (excluding diaryl/α,β-unsaturated/α-hetero) is 2.